The molecule has 4 nitrogen and oxygen atoms in total. The number of H-pyrrole nitrogens is 1. The average Bonchev–Trinajstić information content (AvgIpc) is 2.76. The van der Waals surface area contributed by atoms with Crippen molar-refractivity contribution in [1.29, 1.82) is 0 Å². The van der Waals surface area contributed by atoms with E-state index in [0.717, 1.165) is 13.1 Å². The number of aromatic amines is 1. The number of aromatic nitrogens is 2. The van der Waals surface area contributed by atoms with Crippen LogP contribution in [0.25, 0.3) is 0 Å². The molecule has 0 radical (unpaired) electrons. The zero-order valence-corrected chi connectivity index (χ0v) is 7.95. The van der Waals surface area contributed by atoms with Crippen LogP contribution in [-0.4, -0.2) is 41.3 Å². The van der Waals surface area contributed by atoms with Crippen LogP contribution >= 0.6 is 0 Å². The normalized spacial score (nSPS) is 23.9. The third-order valence-electron chi connectivity index (χ3n) is 2.63. The maximum Gasteiger partial charge on any atom is 0.0492 e. The smallest absolute Gasteiger partial charge is 0.0492 e. The van der Waals surface area contributed by atoms with Gasteiger partial charge in [-0.15, -0.1) is 0 Å². The van der Waals surface area contributed by atoms with E-state index in [4.69, 9.17) is 0 Å². The number of likely N-dealkylation sites (N-methyl/N-ethyl adjacent to an activating group) is 1. The fourth-order valence-electron chi connectivity index (χ4n) is 1.83. The maximum atomic E-state index is 3.94. The predicted molar refractivity (Wildman–Crippen MR) is 51.3 cm³/mol. The molecule has 1 aromatic rings. The Bertz CT molecular complexity index is 244. The molecular weight excluding hydrogens is 164 g/mol. The average molecular weight is 180 g/mol. The minimum atomic E-state index is 0.669. The quantitative estimate of drug-likeness (QED) is 0.698. The topological polar surface area (TPSA) is 44.0 Å². The number of rotatable bonds is 3. The molecule has 1 atom stereocenters. The van der Waals surface area contributed by atoms with Crippen LogP contribution in [0, 0.1) is 0 Å². The van der Waals surface area contributed by atoms with E-state index in [2.05, 4.69) is 20.4 Å². The summed E-state index contributed by atoms with van der Waals surface area (Å²) in [5.41, 5.74) is 1.21. The van der Waals surface area contributed by atoms with E-state index in [-0.39, 0.29) is 0 Å². The molecule has 4 heteroatoms. The summed E-state index contributed by atoms with van der Waals surface area (Å²) < 4.78 is 0. The lowest BCUT2D eigenvalue weighted by atomic mass is 10.3. The summed E-state index contributed by atoms with van der Waals surface area (Å²) in [6, 6.07) is 2.70. The molecule has 0 saturated carbocycles. The van der Waals surface area contributed by atoms with E-state index in [0.29, 0.717) is 6.04 Å². The van der Waals surface area contributed by atoms with Gasteiger partial charge in [0.1, 0.15) is 0 Å². The van der Waals surface area contributed by atoms with Crippen molar-refractivity contribution in [2.75, 3.05) is 20.1 Å². The molecule has 0 aliphatic carbocycles. The highest BCUT2D eigenvalue weighted by Crippen LogP contribution is 2.11. The van der Waals surface area contributed by atoms with Gasteiger partial charge < -0.3 is 5.32 Å². The van der Waals surface area contributed by atoms with Gasteiger partial charge in [0.25, 0.3) is 0 Å². The van der Waals surface area contributed by atoms with Gasteiger partial charge in [-0.05, 0) is 19.5 Å². The standard InChI is InChI=1S/C9H16N4/c1-10-8-3-5-13(6-8)7-9-2-4-11-12-9/h2,4,8,10H,3,5-7H2,1H3,(H,11,12). The molecule has 0 bridgehead atoms. The second-order valence-corrected chi connectivity index (χ2v) is 3.59. The summed E-state index contributed by atoms with van der Waals surface area (Å²) >= 11 is 0. The predicted octanol–water partition coefficient (Wildman–Crippen LogP) is 0.203. The molecule has 2 rings (SSSR count). The minimum absolute atomic E-state index is 0.669. The number of hydrogen-bond acceptors (Lipinski definition) is 3. The van der Waals surface area contributed by atoms with E-state index < -0.39 is 0 Å². The zero-order chi connectivity index (χ0) is 9.10. The Morgan fingerprint density at radius 1 is 1.77 bits per heavy atom. The molecule has 1 saturated heterocycles. The summed E-state index contributed by atoms with van der Waals surface area (Å²) in [5.74, 6) is 0. The Balaban J connectivity index is 1.84. The maximum absolute atomic E-state index is 3.94. The summed E-state index contributed by atoms with van der Waals surface area (Å²) in [7, 11) is 2.03. The van der Waals surface area contributed by atoms with Crippen molar-refractivity contribution in [1.82, 2.24) is 20.4 Å². The monoisotopic (exact) mass is 180 g/mol. The summed E-state index contributed by atoms with van der Waals surface area (Å²) in [6.45, 7) is 3.33. The molecule has 2 N–H and O–H groups in total. The van der Waals surface area contributed by atoms with Gasteiger partial charge in [-0.1, -0.05) is 0 Å². The third-order valence-corrected chi connectivity index (χ3v) is 2.63. The molecule has 1 fully saturated rings. The van der Waals surface area contributed by atoms with Crippen molar-refractivity contribution < 1.29 is 0 Å². The fraction of sp³-hybridized carbons (Fsp3) is 0.667. The molecule has 13 heavy (non-hydrogen) atoms. The van der Waals surface area contributed by atoms with Gasteiger partial charge in [0.05, 0.1) is 0 Å². The largest absolute Gasteiger partial charge is 0.316 e. The van der Waals surface area contributed by atoms with Crippen LogP contribution in [0.15, 0.2) is 12.3 Å². The summed E-state index contributed by atoms with van der Waals surface area (Å²) in [6.07, 6.45) is 3.06. The fourth-order valence-corrected chi connectivity index (χ4v) is 1.83. The highest BCUT2D eigenvalue weighted by molar-refractivity contribution is 4.98. The second-order valence-electron chi connectivity index (χ2n) is 3.59. The molecule has 0 amide bonds. The Labute approximate surface area is 78.3 Å². The van der Waals surface area contributed by atoms with E-state index in [1.54, 1.807) is 6.20 Å². The molecule has 2 heterocycles. The third kappa shape index (κ3) is 2.08. The first-order valence-electron chi connectivity index (χ1n) is 4.76. The van der Waals surface area contributed by atoms with Gasteiger partial charge in [-0.25, -0.2) is 0 Å². The van der Waals surface area contributed by atoms with Crippen LogP contribution in [0.5, 0.6) is 0 Å². The van der Waals surface area contributed by atoms with Crippen LogP contribution in [0.4, 0.5) is 0 Å². The van der Waals surface area contributed by atoms with E-state index in [1.807, 2.05) is 13.1 Å². The first-order chi connectivity index (χ1) is 6.38. The number of likely N-dealkylation sites (tertiary alicyclic amines) is 1. The first-order valence-corrected chi connectivity index (χ1v) is 4.76. The molecule has 1 unspecified atom stereocenters. The summed E-state index contributed by atoms with van der Waals surface area (Å²) in [4.78, 5) is 2.44. The lowest BCUT2D eigenvalue weighted by Gasteiger charge is -2.14. The Hall–Kier alpha value is -0.870. The lowest BCUT2D eigenvalue weighted by molar-refractivity contribution is 0.318. The lowest BCUT2D eigenvalue weighted by Crippen LogP contribution is -2.29. The second kappa shape index (κ2) is 3.89. The highest BCUT2D eigenvalue weighted by atomic mass is 15.2. The van der Waals surface area contributed by atoms with Crippen LogP contribution in [0.3, 0.4) is 0 Å². The van der Waals surface area contributed by atoms with Gasteiger partial charge in [0.2, 0.25) is 0 Å². The van der Waals surface area contributed by atoms with Gasteiger partial charge in [-0.2, -0.15) is 5.10 Å². The van der Waals surface area contributed by atoms with Gasteiger partial charge in [0.15, 0.2) is 0 Å². The van der Waals surface area contributed by atoms with Crippen LogP contribution in [0.1, 0.15) is 12.1 Å². The number of nitrogens with one attached hydrogen (secondary N) is 2. The van der Waals surface area contributed by atoms with Crippen molar-refractivity contribution >= 4 is 0 Å². The number of nitrogens with zero attached hydrogens (tertiary/aromatic N) is 2. The van der Waals surface area contributed by atoms with E-state index in [1.165, 1.54) is 18.7 Å². The van der Waals surface area contributed by atoms with Crippen LogP contribution in [-0.2, 0) is 6.54 Å². The molecular formula is C9H16N4. The molecule has 1 aliphatic heterocycles. The van der Waals surface area contributed by atoms with Crippen molar-refractivity contribution in [3.8, 4) is 0 Å². The highest BCUT2D eigenvalue weighted by Gasteiger charge is 2.20. The Kier molecular flexibility index (Phi) is 2.61. The van der Waals surface area contributed by atoms with E-state index >= 15 is 0 Å². The number of hydrogen-bond donors (Lipinski definition) is 2. The van der Waals surface area contributed by atoms with Crippen molar-refractivity contribution in [2.24, 2.45) is 0 Å². The molecule has 0 aromatic carbocycles. The molecule has 72 valence electrons. The molecule has 1 aliphatic rings. The van der Waals surface area contributed by atoms with Gasteiger partial charge in [-0.3, -0.25) is 10.00 Å². The van der Waals surface area contributed by atoms with Crippen LogP contribution in [0.2, 0.25) is 0 Å². The molecule has 0 spiro atoms. The first kappa shape index (κ1) is 8.72. The SMILES string of the molecule is CNC1CCN(Cc2ccn[nH]2)C1. The van der Waals surface area contributed by atoms with Gasteiger partial charge in [0, 0.05) is 37.6 Å². The summed E-state index contributed by atoms with van der Waals surface area (Å²) in [5, 5.41) is 10.2. The van der Waals surface area contributed by atoms with Crippen molar-refractivity contribution in [3.05, 3.63) is 18.0 Å². The zero-order valence-electron chi connectivity index (χ0n) is 7.95. The van der Waals surface area contributed by atoms with Crippen molar-refractivity contribution in [3.63, 3.8) is 0 Å². The Morgan fingerprint density at radius 3 is 3.31 bits per heavy atom. The van der Waals surface area contributed by atoms with E-state index in [9.17, 15) is 0 Å². The van der Waals surface area contributed by atoms with Crippen molar-refractivity contribution in [2.45, 2.75) is 19.0 Å². The molecule has 1 aromatic heterocycles. The Morgan fingerprint density at radius 2 is 2.69 bits per heavy atom. The minimum Gasteiger partial charge on any atom is -0.316 e. The van der Waals surface area contributed by atoms with Crippen LogP contribution < -0.4 is 5.32 Å². The van der Waals surface area contributed by atoms with Gasteiger partial charge >= 0.3 is 0 Å².